The molecule has 0 spiro atoms. The minimum atomic E-state index is -0.845. The van der Waals surface area contributed by atoms with Crippen molar-refractivity contribution in [1.29, 1.82) is 0 Å². The van der Waals surface area contributed by atoms with Crippen LogP contribution in [0.5, 0.6) is 11.5 Å². The zero-order valence-corrected chi connectivity index (χ0v) is 24.9. The summed E-state index contributed by atoms with van der Waals surface area (Å²) in [6, 6.07) is 16.1. The molecule has 1 aliphatic heterocycles. The van der Waals surface area contributed by atoms with Crippen molar-refractivity contribution in [3.63, 3.8) is 0 Å². The third kappa shape index (κ3) is 6.30. The number of non-ortho nitro benzene ring substituents is 1. The van der Waals surface area contributed by atoms with Gasteiger partial charge in [0.15, 0.2) is 16.3 Å². The number of hydrogen-bond donors (Lipinski definition) is 0. The summed E-state index contributed by atoms with van der Waals surface area (Å²) in [4.78, 5) is 42.3. The fourth-order valence-corrected chi connectivity index (χ4v) is 5.83. The van der Waals surface area contributed by atoms with E-state index in [4.69, 9.17) is 14.2 Å². The molecule has 44 heavy (non-hydrogen) atoms. The van der Waals surface area contributed by atoms with Crippen molar-refractivity contribution in [1.82, 2.24) is 4.57 Å². The molecule has 0 N–H and O–H groups in total. The maximum atomic E-state index is 13.8. The monoisotopic (exact) mass is 617 g/mol. The molecule has 3 aromatic carbocycles. The van der Waals surface area contributed by atoms with E-state index >= 15 is 0 Å². The summed E-state index contributed by atoms with van der Waals surface area (Å²) in [6.45, 7) is 5.90. The molecule has 0 unspecified atom stereocenters. The molecule has 1 atom stereocenters. The summed E-state index contributed by atoms with van der Waals surface area (Å²) >= 11 is 1.17. The van der Waals surface area contributed by atoms with Gasteiger partial charge in [0, 0.05) is 12.1 Å². The fraction of sp³-hybridized carbons (Fsp3) is 0.219. The number of thiazole rings is 1. The van der Waals surface area contributed by atoms with Crippen LogP contribution >= 0.6 is 11.3 Å². The molecule has 0 radical (unpaired) electrons. The number of nitro benzene ring substituents is 1. The van der Waals surface area contributed by atoms with Crippen LogP contribution in [0.3, 0.4) is 0 Å². The van der Waals surface area contributed by atoms with Gasteiger partial charge in [-0.2, -0.15) is 0 Å². The largest absolute Gasteiger partial charge is 0.490 e. The molecule has 2 heterocycles. The van der Waals surface area contributed by atoms with Crippen molar-refractivity contribution in [2.75, 3.05) is 13.2 Å². The Kier molecular flexibility index (Phi) is 9.00. The Labute approximate surface area is 255 Å². The molecule has 0 amide bonds. The lowest BCUT2D eigenvalue weighted by molar-refractivity contribution is -0.384. The van der Waals surface area contributed by atoms with E-state index in [1.54, 1.807) is 62.4 Å². The number of ether oxygens (including phenoxy) is 3. The van der Waals surface area contributed by atoms with Crippen LogP contribution < -0.4 is 24.4 Å². The average Bonchev–Trinajstić information content (AvgIpc) is 3.30. The van der Waals surface area contributed by atoms with Crippen LogP contribution in [0.25, 0.3) is 6.08 Å². The van der Waals surface area contributed by atoms with Crippen LogP contribution in [-0.2, 0) is 16.1 Å². The second-order valence-electron chi connectivity index (χ2n) is 9.71. The molecule has 0 saturated heterocycles. The molecule has 1 aliphatic rings. The normalized spacial score (nSPS) is 14.5. The van der Waals surface area contributed by atoms with Gasteiger partial charge in [0.05, 0.1) is 40.0 Å². The highest BCUT2D eigenvalue weighted by Crippen LogP contribution is 2.32. The smallest absolute Gasteiger partial charge is 0.338 e. The van der Waals surface area contributed by atoms with Gasteiger partial charge >= 0.3 is 5.97 Å². The first-order valence-electron chi connectivity index (χ1n) is 13.8. The Balaban J connectivity index is 1.51. The summed E-state index contributed by atoms with van der Waals surface area (Å²) in [7, 11) is 0. The summed E-state index contributed by atoms with van der Waals surface area (Å²) in [5, 5.41) is 10.9. The van der Waals surface area contributed by atoms with Crippen molar-refractivity contribution in [2.45, 2.75) is 33.4 Å². The van der Waals surface area contributed by atoms with E-state index < -0.39 is 22.8 Å². The van der Waals surface area contributed by atoms with Crippen molar-refractivity contribution < 1.29 is 28.3 Å². The van der Waals surface area contributed by atoms with Crippen molar-refractivity contribution in [2.24, 2.45) is 4.99 Å². The van der Waals surface area contributed by atoms with E-state index in [0.717, 1.165) is 5.56 Å². The minimum absolute atomic E-state index is 0.00495. The van der Waals surface area contributed by atoms with Gasteiger partial charge in [-0.15, -0.1) is 0 Å². The van der Waals surface area contributed by atoms with Crippen molar-refractivity contribution >= 4 is 29.1 Å². The standard InChI is InChI=1S/C32H28FN3O7S/c1-4-41-26-16-21(8-15-25(26)43-18-20-6-13-24(14-7-20)36(39)40)17-27-30(37)35-29(22-9-11-23(33)12-10-22)28(31(38)42-5-2)19(3)34-32(35)44-27/h6-17,29H,4-5,18H2,1-3H3/b27-17-/t29-/m1/s1. The second-order valence-corrected chi connectivity index (χ2v) is 10.7. The van der Waals surface area contributed by atoms with E-state index in [0.29, 0.717) is 44.3 Å². The number of rotatable bonds is 10. The number of nitrogens with zero attached hydrogens (tertiary/aromatic N) is 3. The molecule has 10 nitrogen and oxygen atoms in total. The highest BCUT2D eigenvalue weighted by Gasteiger charge is 2.33. The van der Waals surface area contributed by atoms with Crippen LogP contribution in [0, 0.1) is 15.9 Å². The zero-order chi connectivity index (χ0) is 31.4. The van der Waals surface area contributed by atoms with Gasteiger partial charge in [-0.1, -0.05) is 29.5 Å². The molecule has 0 aliphatic carbocycles. The lowest BCUT2D eigenvalue weighted by Crippen LogP contribution is -2.39. The van der Waals surface area contributed by atoms with Gasteiger partial charge in [-0.25, -0.2) is 14.2 Å². The first-order valence-corrected chi connectivity index (χ1v) is 14.6. The number of carbonyl (C=O) groups is 1. The SMILES string of the molecule is CCOC(=O)C1=C(C)N=c2s/c(=C\c3ccc(OCc4ccc([N+](=O)[O-])cc4)c(OCC)c3)c(=O)n2[C@@H]1c1ccc(F)cc1. The fourth-order valence-electron chi connectivity index (χ4n) is 4.78. The molecule has 0 bridgehead atoms. The van der Waals surface area contributed by atoms with Gasteiger partial charge in [-0.3, -0.25) is 19.5 Å². The summed E-state index contributed by atoms with van der Waals surface area (Å²) in [5.74, 6) is -0.108. The number of halogens is 1. The molecular weight excluding hydrogens is 589 g/mol. The van der Waals surface area contributed by atoms with E-state index in [9.17, 15) is 24.1 Å². The Morgan fingerprint density at radius 2 is 1.77 bits per heavy atom. The third-order valence-corrected chi connectivity index (χ3v) is 7.79. The van der Waals surface area contributed by atoms with E-state index in [-0.39, 0.29) is 30.0 Å². The average molecular weight is 618 g/mol. The molecule has 1 aromatic heterocycles. The van der Waals surface area contributed by atoms with Crippen LogP contribution in [0.4, 0.5) is 10.1 Å². The quantitative estimate of drug-likeness (QED) is 0.142. The number of benzene rings is 3. The van der Waals surface area contributed by atoms with Gasteiger partial charge in [0.2, 0.25) is 0 Å². The number of fused-ring (bicyclic) bond motifs is 1. The minimum Gasteiger partial charge on any atom is -0.490 e. The number of nitro groups is 1. The van der Waals surface area contributed by atoms with Gasteiger partial charge in [0.1, 0.15) is 12.4 Å². The number of aromatic nitrogens is 1. The molecule has 0 fully saturated rings. The molecule has 5 rings (SSSR count). The maximum absolute atomic E-state index is 13.8. The molecule has 226 valence electrons. The number of hydrogen-bond acceptors (Lipinski definition) is 9. The number of carbonyl (C=O) groups excluding carboxylic acids is 1. The second kappa shape index (κ2) is 13.0. The van der Waals surface area contributed by atoms with Crippen LogP contribution in [0.1, 0.15) is 43.5 Å². The van der Waals surface area contributed by atoms with Gasteiger partial charge < -0.3 is 14.2 Å². The predicted octanol–water partition coefficient (Wildman–Crippen LogP) is 4.82. The highest BCUT2D eigenvalue weighted by molar-refractivity contribution is 7.07. The summed E-state index contributed by atoms with van der Waals surface area (Å²) in [6.07, 6.45) is 1.71. The van der Waals surface area contributed by atoms with Crippen LogP contribution in [0.15, 0.2) is 87.8 Å². The Morgan fingerprint density at radius 3 is 2.43 bits per heavy atom. The highest BCUT2D eigenvalue weighted by atomic mass is 32.1. The van der Waals surface area contributed by atoms with Gasteiger partial charge in [-0.05, 0) is 79.9 Å². The summed E-state index contributed by atoms with van der Waals surface area (Å²) in [5.41, 5.74) is 2.22. The zero-order valence-electron chi connectivity index (χ0n) is 24.1. The van der Waals surface area contributed by atoms with Crippen LogP contribution in [-0.4, -0.2) is 28.7 Å². The first kappa shape index (κ1) is 30.4. The molecule has 0 saturated carbocycles. The molecule has 4 aromatic rings. The Hall–Kier alpha value is -5.10. The summed E-state index contributed by atoms with van der Waals surface area (Å²) < 4.78 is 32.6. The predicted molar refractivity (Wildman–Crippen MR) is 162 cm³/mol. The van der Waals surface area contributed by atoms with Gasteiger partial charge in [0.25, 0.3) is 11.2 Å². The first-order chi connectivity index (χ1) is 21.2. The number of allylic oxidation sites excluding steroid dienone is 1. The van der Waals surface area contributed by atoms with Crippen LogP contribution in [0.2, 0.25) is 0 Å². The lowest BCUT2D eigenvalue weighted by Gasteiger charge is -2.24. The Bertz CT molecular complexity index is 1930. The molecular formula is C32H28FN3O7S. The van der Waals surface area contributed by atoms with E-state index in [2.05, 4.69) is 4.99 Å². The topological polar surface area (TPSA) is 122 Å². The third-order valence-electron chi connectivity index (χ3n) is 6.81. The molecule has 12 heteroatoms. The van der Waals surface area contributed by atoms with Crippen molar-refractivity contribution in [3.8, 4) is 11.5 Å². The Morgan fingerprint density at radius 1 is 1.05 bits per heavy atom. The van der Waals surface area contributed by atoms with E-state index in [1.165, 1.54) is 40.2 Å². The number of esters is 1. The lowest BCUT2D eigenvalue weighted by atomic mass is 9.96. The van der Waals surface area contributed by atoms with E-state index in [1.807, 2.05) is 6.92 Å². The van der Waals surface area contributed by atoms with Crippen molar-refractivity contribution in [3.05, 3.63) is 130 Å². The maximum Gasteiger partial charge on any atom is 0.338 e.